The Kier molecular flexibility index (Phi) is 4.75. The molecule has 0 aromatic carbocycles. The molecule has 1 fully saturated rings. The fourth-order valence-corrected chi connectivity index (χ4v) is 1.85. The van der Waals surface area contributed by atoms with Crippen molar-refractivity contribution in [1.29, 1.82) is 0 Å². The van der Waals surface area contributed by atoms with Gasteiger partial charge in [0.15, 0.2) is 0 Å². The zero-order chi connectivity index (χ0) is 12.8. The second kappa shape index (κ2) is 6.54. The smallest absolute Gasteiger partial charge is 0.227 e. The molecule has 0 radical (unpaired) electrons. The minimum atomic E-state index is 0.707. The summed E-state index contributed by atoms with van der Waals surface area (Å²) < 4.78 is 5.33. The van der Waals surface area contributed by atoms with Crippen molar-refractivity contribution in [2.75, 3.05) is 43.1 Å². The Hall–Kier alpha value is -1.36. The van der Waals surface area contributed by atoms with Gasteiger partial charge in [-0.05, 0) is 18.4 Å². The minimum Gasteiger partial charge on any atom is -0.378 e. The van der Waals surface area contributed by atoms with Gasteiger partial charge in [0.2, 0.25) is 5.95 Å². The molecule has 100 valence electrons. The van der Waals surface area contributed by atoms with Crippen molar-refractivity contribution in [2.24, 2.45) is 5.92 Å². The van der Waals surface area contributed by atoms with E-state index in [1.165, 1.54) is 0 Å². The lowest BCUT2D eigenvalue weighted by atomic mass is 10.1. The molecule has 1 aliphatic heterocycles. The zero-order valence-electron chi connectivity index (χ0n) is 11.2. The molecule has 0 atom stereocenters. The van der Waals surface area contributed by atoms with Crippen LogP contribution in [0.4, 0.5) is 11.8 Å². The van der Waals surface area contributed by atoms with Gasteiger partial charge in [-0.15, -0.1) is 0 Å². The summed E-state index contributed by atoms with van der Waals surface area (Å²) >= 11 is 0. The van der Waals surface area contributed by atoms with E-state index < -0.39 is 0 Å². The second-order valence-corrected chi connectivity index (χ2v) is 4.95. The predicted octanol–water partition coefficient (Wildman–Crippen LogP) is 1.77. The molecule has 0 unspecified atom stereocenters. The molecule has 1 aromatic heterocycles. The van der Waals surface area contributed by atoms with Crippen molar-refractivity contribution in [3.8, 4) is 0 Å². The molecule has 0 bridgehead atoms. The molecule has 1 N–H and O–H groups in total. The average molecular weight is 250 g/mol. The van der Waals surface area contributed by atoms with Crippen LogP contribution in [0.3, 0.4) is 0 Å². The monoisotopic (exact) mass is 250 g/mol. The number of rotatable bonds is 5. The van der Waals surface area contributed by atoms with Crippen molar-refractivity contribution in [3.63, 3.8) is 0 Å². The van der Waals surface area contributed by atoms with Gasteiger partial charge in [0, 0.05) is 25.8 Å². The van der Waals surface area contributed by atoms with E-state index >= 15 is 0 Å². The summed E-state index contributed by atoms with van der Waals surface area (Å²) in [6.45, 7) is 8.66. The molecule has 0 aliphatic carbocycles. The Balaban J connectivity index is 1.91. The van der Waals surface area contributed by atoms with Crippen LogP contribution < -0.4 is 10.2 Å². The van der Waals surface area contributed by atoms with Crippen LogP contribution in [-0.4, -0.2) is 42.8 Å². The van der Waals surface area contributed by atoms with Gasteiger partial charge in [-0.3, -0.25) is 0 Å². The number of anilines is 2. The lowest BCUT2D eigenvalue weighted by Gasteiger charge is -2.26. The van der Waals surface area contributed by atoms with E-state index in [1.807, 2.05) is 12.3 Å². The first-order chi connectivity index (χ1) is 8.75. The molecule has 0 spiro atoms. The molecule has 0 saturated carbocycles. The Bertz CT molecular complexity index is 364. The Morgan fingerprint density at radius 1 is 1.39 bits per heavy atom. The van der Waals surface area contributed by atoms with Crippen molar-refractivity contribution in [3.05, 3.63) is 12.3 Å². The van der Waals surface area contributed by atoms with Gasteiger partial charge in [-0.1, -0.05) is 13.8 Å². The summed E-state index contributed by atoms with van der Waals surface area (Å²) in [5, 5.41) is 3.35. The van der Waals surface area contributed by atoms with Crippen LogP contribution in [0.2, 0.25) is 0 Å². The minimum absolute atomic E-state index is 0.707. The number of nitrogens with zero attached hydrogens (tertiary/aromatic N) is 3. The van der Waals surface area contributed by atoms with Crippen molar-refractivity contribution < 1.29 is 4.74 Å². The highest BCUT2D eigenvalue weighted by Crippen LogP contribution is 2.12. The first kappa shape index (κ1) is 13.1. The van der Waals surface area contributed by atoms with Gasteiger partial charge in [-0.2, -0.15) is 4.98 Å². The van der Waals surface area contributed by atoms with Crippen LogP contribution in [0.15, 0.2) is 12.3 Å². The van der Waals surface area contributed by atoms with Crippen LogP contribution in [0, 0.1) is 5.92 Å². The largest absolute Gasteiger partial charge is 0.378 e. The number of aromatic nitrogens is 2. The maximum Gasteiger partial charge on any atom is 0.227 e. The van der Waals surface area contributed by atoms with Gasteiger partial charge >= 0.3 is 0 Å². The third-order valence-electron chi connectivity index (χ3n) is 2.96. The van der Waals surface area contributed by atoms with Gasteiger partial charge in [0.05, 0.1) is 13.2 Å². The molecule has 2 heterocycles. The third-order valence-corrected chi connectivity index (χ3v) is 2.96. The first-order valence-electron chi connectivity index (χ1n) is 6.65. The van der Waals surface area contributed by atoms with Gasteiger partial charge < -0.3 is 15.0 Å². The highest BCUT2D eigenvalue weighted by Gasteiger charge is 2.13. The summed E-state index contributed by atoms with van der Waals surface area (Å²) in [5.74, 6) is 2.41. The van der Waals surface area contributed by atoms with E-state index in [1.54, 1.807) is 0 Å². The van der Waals surface area contributed by atoms with Crippen LogP contribution in [-0.2, 0) is 4.74 Å². The van der Waals surface area contributed by atoms with Gasteiger partial charge in [0.25, 0.3) is 0 Å². The molecule has 1 aromatic rings. The molecule has 5 nitrogen and oxygen atoms in total. The van der Waals surface area contributed by atoms with Gasteiger partial charge in [-0.25, -0.2) is 4.98 Å². The number of hydrogen-bond acceptors (Lipinski definition) is 5. The quantitative estimate of drug-likeness (QED) is 0.863. The summed E-state index contributed by atoms with van der Waals surface area (Å²) in [6, 6.07) is 1.92. The van der Waals surface area contributed by atoms with Crippen LogP contribution >= 0.6 is 0 Å². The Labute approximate surface area is 109 Å². The normalized spacial score (nSPS) is 16.1. The van der Waals surface area contributed by atoms with Crippen molar-refractivity contribution in [1.82, 2.24) is 9.97 Å². The number of ether oxygens (including phenoxy) is 1. The van der Waals surface area contributed by atoms with Crippen molar-refractivity contribution >= 4 is 11.8 Å². The molecule has 1 aliphatic rings. The predicted molar refractivity (Wildman–Crippen MR) is 73.0 cm³/mol. The third kappa shape index (κ3) is 3.84. The SMILES string of the molecule is CC(C)CCNc1ccnc(N2CCOCC2)n1. The standard InChI is InChI=1S/C13H22N4O/c1-11(2)3-5-14-12-4-6-15-13(16-12)17-7-9-18-10-8-17/h4,6,11H,3,5,7-10H2,1-2H3,(H,14,15,16). The lowest BCUT2D eigenvalue weighted by Crippen LogP contribution is -2.37. The van der Waals surface area contributed by atoms with Crippen molar-refractivity contribution in [2.45, 2.75) is 20.3 Å². The maximum atomic E-state index is 5.33. The Morgan fingerprint density at radius 3 is 2.89 bits per heavy atom. The summed E-state index contributed by atoms with van der Waals surface area (Å²) in [6.07, 6.45) is 2.96. The van der Waals surface area contributed by atoms with E-state index in [-0.39, 0.29) is 0 Å². The lowest BCUT2D eigenvalue weighted by molar-refractivity contribution is 0.122. The van der Waals surface area contributed by atoms with E-state index in [2.05, 4.69) is 34.0 Å². The molecule has 18 heavy (non-hydrogen) atoms. The molecule has 5 heteroatoms. The Morgan fingerprint density at radius 2 is 2.17 bits per heavy atom. The van der Waals surface area contributed by atoms with E-state index in [0.717, 1.165) is 51.0 Å². The van der Waals surface area contributed by atoms with Crippen LogP contribution in [0.5, 0.6) is 0 Å². The highest BCUT2D eigenvalue weighted by molar-refractivity contribution is 5.41. The molecule has 2 rings (SSSR count). The number of nitrogens with one attached hydrogen (secondary N) is 1. The summed E-state index contributed by atoms with van der Waals surface area (Å²) in [7, 11) is 0. The fourth-order valence-electron chi connectivity index (χ4n) is 1.85. The van der Waals surface area contributed by atoms with Crippen LogP contribution in [0.1, 0.15) is 20.3 Å². The molecular formula is C13H22N4O. The zero-order valence-corrected chi connectivity index (χ0v) is 11.2. The second-order valence-electron chi connectivity index (χ2n) is 4.95. The topological polar surface area (TPSA) is 50.3 Å². The number of hydrogen-bond donors (Lipinski definition) is 1. The van der Waals surface area contributed by atoms with E-state index in [0.29, 0.717) is 5.92 Å². The maximum absolute atomic E-state index is 5.33. The summed E-state index contributed by atoms with van der Waals surface area (Å²) in [5.41, 5.74) is 0. The molecule has 0 amide bonds. The highest BCUT2D eigenvalue weighted by atomic mass is 16.5. The van der Waals surface area contributed by atoms with E-state index in [4.69, 9.17) is 4.74 Å². The average Bonchev–Trinajstić information content (AvgIpc) is 2.40. The number of morpholine rings is 1. The van der Waals surface area contributed by atoms with E-state index in [9.17, 15) is 0 Å². The molecule has 1 saturated heterocycles. The van der Waals surface area contributed by atoms with Gasteiger partial charge in [0.1, 0.15) is 5.82 Å². The van der Waals surface area contributed by atoms with Crippen LogP contribution in [0.25, 0.3) is 0 Å². The fraction of sp³-hybridized carbons (Fsp3) is 0.692. The molecular weight excluding hydrogens is 228 g/mol. The first-order valence-corrected chi connectivity index (χ1v) is 6.65. The summed E-state index contributed by atoms with van der Waals surface area (Å²) in [4.78, 5) is 11.0.